The average Bonchev–Trinajstić information content (AvgIpc) is 3.45. The Morgan fingerprint density at radius 3 is 2.84 bits per heavy atom. The lowest BCUT2D eigenvalue weighted by Gasteiger charge is -2.23. The molecule has 1 heterocycles. The maximum absolute atomic E-state index is 12.2. The smallest absolute Gasteiger partial charge is 0.258 e. The predicted octanol–water partition coefficient (Wildman–Crippen LogP) is 0.279. The summed E-state index contributed by atoms with van der Waals surface area (Å²) in [6.07, 6.45) is 1.52. The Morgan fingerprint density at radius 1 is 1.32 bits per heavy atom. The summed E-state index contributed by atoms with van der Waals surface area (Å²) in [4.78, 5) is 24.0. The van der Waals surface area contributed by atoms with Gasteiger partial charge in [-0.1, -0.05) is 0 Å². The highest BCUT2D eigenvalue weighted by atomic mass is 16.5. The molecule has 1 aliphatic carbocycles. The van der Waals surface area contributed by atoms with E-state index in [0.717, 1.165) is 19.4 Å². The molecular formula is C17H23N3O5. The third-order valence-electron chi connectivity index (χ3n) is 3.95. The van der Waals surface area contributed by atoms with Gasteiger partial charge < -0.3 is 30.2 Å². The molecule has 1 atom stereocenters. The lowest BCUT2D eigenvalue weighted by Crippen LogP contribution is -2.45. The number of carbonyl (C=O) groups is 2. The van der Waals surface area contributed by atoms with Crippen molar-refractivity contribution in [3.8, 4) is 11.5 Å². The second-order valence-corrected chi connectivity index (χ2v) is 6.05. The molecule has 1 unspecified atom stereocenters. The van der Waals surface area contributed by atoms with E-state index in [-0.39, 0.29) is 24.5 Å². The molecule has 2 amide bonds. The van der Waals surface area contributed by atoms with E-state index in [1.165, 1.54) is 7.11 Å². The number of rotatable bonds is 7. The van der Waals surface area contributed by atoms with E-state index in [2.05, 4.69) is 16.0 Å². The number of amides is 2. The summed E-state index contributed by atoms with van der Waals surface area (Å²) in [6, 6.07) is 5.32. The molecule has 3 N–H and O–H groups in total. The molecule has 8 nitrogen and oxygen atoms in total. The third kappa shape index (κ3) is 5.07. The zero-order valence-electron chi connectivity index (χ0n) is 14.2. The molecule has 0 aromatic heterocycles. The van der Waals surface area contributed by atoms with Crippen molar-refractivity contribution in [3.05, 3.63) is 18.2 Å². The van der Waals surface area contributed by atoms with Crippen molar-refractivity contribution < 1.29 is 23.8 Å². The second-order valence-electron chi connectivity index (χ2n) is 6.05. The first kappa shape index (κ1) is 17.5. The summed E-state index contributed by atoms with van der Waals surface area (Å²) in [5, 5.41) is 8.76. The van der Waals surface area contributed by atoms with Crippen molar-refractivity contribution in [2.24, 2.45) is 0 Å². The Labute approximate surface area is 146 Å². The molecule has 1 saturated carbocycles. The number of hydrogen-bond donors (Lipinski definition) is 3. The highest BCUT2D eigenvalue weighted by Gasteiger charge is 2.24. The van der Waals surface area contributed by atoms with Gasteiger partial charge in [-0.25, -0.2) is 0 Å². The van der Waals surface area contributed by atoms with E-state index in [0.29, 0.717) is 30.3 Å². The summed E-state index contributed by atoms with van der Waals surface area (Å²) in [5.41, 5.74) is 0.553. The molecule has 0 radical (unpaired) electrons. The van der Waals surface area contributed by atoms with Crippen LogP contribution in [0.1, 0.15) is 12.8 Å². The SMILES string of the molecule is COc1ccc(NC(=O)C2CNCCO2)cc1OCC(=O)NC1CC1. The molecule has 1 saturated heterocycles. The first-order chi connectivity index (χ1) is 12.2. The van der Waals surface area contributed by atoms with Crippen LogP contribution in [-0.4, -0.2) is 57.4 Å². The van der Waals surface area contributed by atoms with Crippen molar-refractivity contribution >= 4 is 17.5 Å². The fourth-order valence-corrected chi connectivity index (χ4v) is 2.46. The van der Waals surface area contributed by atoms with Gasteiger partial charge in [0.1, 0.15) is 6.10 Å². The first-order valence-electron chi connectivity index (χ1n) is 8.39. The van der Waals surface area contributed by atoms with Gasteiger partial charge in [0.2, 0.25) is 0 Å². The standard InChI is InChI=1S/C17H23N3O5/c1-23-13-5-4-12(20-17(22)15-9-18-6-7-24-15)8-14(13)25-10-16(21)19-11-2-3-11/h4-5,8,11,15,18H,2-3,6-7,9-10H2,1H3,(H,19,21)(H,20,22). The van der Waals surface area contributed by atoms with Gasteiger partial charge in [0.05, 0.1) is 13.7 Å². The number of ether oxygens (including phenoxy) is 3. The van der Waals surface area contributed by atoms with Crippen LogP contribution < -0.4 is 25.4 Å². The van der Waals surface area contributed by atoms with Crippen LogP contribution in [0.5, 0.6) is 11.5 Å². The molecule has 3 rings (SSSR count). The minimum atomic E-state index is -0.524. The summed E-state index contributed by atoms with van der Waals surface area (Å²) >= 11 is 0. The number of nitrogens with one attached hydrogen (secondary N) is 3. The largest absolute Gasteiger partial charge is 0.493 e. The van der Waals surface area contributed by atoms with Crippen molar-refractivity contribution in [1.29, 1.82) is 0 Å². The minimum Gasteiger partial charge on any atom is -0.493 e. The van der Waals surface area contributed by atoms with Crippen LogP contribution in [0.2, 0.25) is 0 Å². The fraction of sp³-hybridized carbons (Fsp3) is 0.529. The number of anilines is 1. The third-order valence-corrected chi connectivity index (χ3v) is 3.95. The normalized spacial score (nSPS) is 19.8. The molecule has 0 spiro atoms. The van der Waals surface area contributed by atoms with E-state index in [9.17, 15) is 9.59 Å². The molecule has 136 valence electrons. The highest BCUT2D eigenvalue weighted by Crippen LogP contribution is 2.30. The van der Waals surface area contributed by atoms with Crippen LogP contribution in [0, 0.1) is 0 Å². The van der Waals surface area contributed by atoms with Crippen molar-refractivity contribution in [3.63, 3.8) is 0 Å². The van der Waals surface area contributed by atoms with Gasteiger partial charge >= 0.3 is 0 Å². The van der Waals surface area contributed by atoms with Crippen LogP contribution >= 0.6 is 0 Å². The van der Waals surface area contributed by atoms with Crippen molar-refractivity contribution in [2.45, 2.75) is 25.0 Å². The fourth-order valence-electron chi connectivity index (χ4n) is 2.46. The molecule has 25 heavy (non-hydrogen) atoms. The van der Waals surface area contributed by atoms with Gasteiger partial charge in [-0.15, -0.1) is 0 Å². The van der Waals surface area contributed by atoms with Gasteiger partial charge in [-0.2, -0.15) is 0 Å². The molecule has 1 aliphatic heterocycles. The molecular weight excluding hydrogens is 326 g/mol. The van der Waals surface area contributed by atoms with Gasteiger partial charge in [-0.3, -0.25) is 9.59 Å². The quantitative estimate of drug-likeness (QED) is 0.654. The molecule has 1 aromatic rings. The predicted molar refractivity (Wildman–Crippen MR) is 90.9 cm³/mol. The van der Waals surface area contributed by atoms with Crippen LogP contribution in [0.3, 0.4) is 0 Å². The Kier molecular flexibility index (Phi) is 5.72. The van der Waals surface area contributed by atoms with Gasteiger partial charge in [0.15, 0.2) is 18.1 Å². The van der Waals surface area contributed by atoms with E-state index < -0.39 is 6.10 Å². The van der Waals surface area contributed by atoms with Gasteiger partial charge in [0.25, 0.3) is 11.8 Å². The topological polar surface area (TPSA) is 97.9 Å². The van der Waals surface area contributed by atoms with Gasteiger partial charge in [0, 0.05) is 30.9 Å². The molecule has 1 aromatic carbocycles. The number of benzene rings is 1. The Bertz CT molecular complexity index is 627. The average molecular weight is 349 g/mol. The Morgan fingerprint density at radius 2 is 2.16 bits per heavy atom. The summed E-state index contributed by atoms with van der Waals surface area (Å²) < 4.78 is 16.2. The number of carbonyl (C=O) groups excluding carboxylic acids is 2. The van der Waals surface area contributed by atoms with Crippen molar-refractivity contribution in [1.82, 2.24) is 10.6 Å². The minimum absolute atomic E-state index is 0.0973. The van der Waals surface area contributed by atoms with Crippen LogP contribution in [0.25, 0.3) is 0 Å². The Balaban J connectivity index is 1.59. The van der Waals surface area contributed by atoms with E-state index in [1.54, 1.807) is 18.2 Å². The number of methoxy groups -OCH3 is 1. The van der Waals surface area contributed by atoms with Crippen molar-refractivity contribution in [2.75, 3.05) is 38.7 Å². The summed E-state index contributed by atoms with van der Waals surface area (Å²) in [6.45, 7) is 1.63. The zero-order valence-corrected chi connectivity index (χ0v) is 14.2. The van der Waals surface area contributed by atoms with E-state index in [1.807, 2.05) is 0 Å². The molecule has 2 fully saturated rings. The number of morpholine rings is 1. The summed E-state index contributed by atoms with van der Waals surface area (Å²) in [7, 11) is 1.52. The molecule has 2 aliphatic rings. The maximum atomic E-state index is 12.2. The molecule has 8 heteroatoms. The lowest BCUT2D eigenvalue weighted by atomic mass is 10.2. The van der Waals surface area contributed by atoms with Crippen LogP contribution in [0.4, 0.5) is 5.69 Å². The Hall–Kier alpha value is -2.32. The zero-order chi connectivity index (χ0) is 17.6. The number of hydrogen-bond acceptors (Lipinski definition) is 6. The van der Waals surface area contributed by atoms with Crippen LogP contribution in [0.15, 0.2) is 18.2 Å². The van der Waals surface area contributed by atoms with E-state index >= 15 is 0 Å². The first-order valence-corrected chi connectivity index (χ1v) is 8.39. The maximum Gasteiger partial charge on any atom is 0.258 e. The molecule has 0 bridgehead atoms. The highest BCUT2D eigenvalue weighted by molar-refractivity contribution is 5.94. The van der Waals surface area contributed by atoms with E-state index in [4.69, 9.17) is 14.2 Å². The van der Waals surface area contributed by atoms with Crippen LogP contribution in [-0.2, 0) is 14.3 Å². The summed E-state index contributed by atoms with van der Waals surface area (Å²) in [5.74, 6) is 0.497. The van der Waals surface area contributed by atoms with Gasteiger partial charge in [-0.05, 0) is 25.0 Å². The monoisotopic (exact) mass is 349 g/mol. The second kappa shape index (κ2) is 8.17. The lowest BCUT2D eigenvalue weighted by molar-refractivity contribution is -0.128.